The Hall–Kier alpha value is -0.750. The van der Waals surface area contributed by atoms with Gasteiger partial charge in [-0.25, -0.2) is 0 Å². The van der Waals surface area contributed by atoms with Crippen molar-refractivity contribution in [3.05, 3.63) is 62.8 Å². The van der Waals surface area contributed by atoms with Crippen LogP contribution in [-0.4, -0.2) is 11.0 Å². The average molecular weight is 385 g/mol. The quantitative estimate of drug-likeness (QED) is 0.614. The first-order valence-electron chi connectivity index (χ1n) is 5.97. The Morgan fingerprint density at radius 1 is 1.05 bits per heavy atom. The van der Waals surface area contributed by atoms with Crippen molar-refractivity contribution in [3.8, 4) is 0 Å². The summed E-state index contributed by atoms with van der Waals surface area (Å²) < 4.78 is 2.08. The van der Waals surface area contributed by atoms with Crippen LogP contribution in [0.4, 0.5) is 0 Å². The number of hydrogen-bond donors (Lipinski definition) is 2. The van der Waals surface area contributed by atoms with E-state index in [1.165, 1.54) is 5.56 Å². The molecule has 19 heavy (non-hydrogen) atoms. The second kappa shape index (κ2) is 7.14. The summed E-state index contributed by atoms with van der Waals surface area (Å²) in [6.45, 7) is 0. The van der Waals surface area contributed by atoms with E-state index in [9.17, 15) is 0 Å². The Morgan fingerprint density at radius 3 is 2.47 bits per heavy atom. The summed E-state index contributed by atoms with van der Waals surface area (Å²) in [5.74, 6) is 5.65. The minimum atomic E-state index is 0.186. The molecule has 3 N–H and O–H groups in total. The first-order chi connectivity index (χ1) is 9.17. The van der Waals surface area contributed by atoms with E-state index in [2.05, 4.69) is 60.5 Å². The molecule has 0 amide bonds. The highest BCUT2D eigenvalue weighted by Gasteiger charge is 2.09. The van der Waals surface area contributed by atoms with Crippen LogP contribution in [-0.2, 0) is 12.8 Å². The fourth-order valence-corrected chi connectivity index (χ4v) is 2.85. The molecule has 0 spiro atoms. The number of nitrogens with two attached hydrogens (primary N) is 1. The molecule has 0 aliphatic rings. The molecule has 0 saturated heterocycles. The second-order valence-corrected chi connectivity index (χ2v) is 6.24. The lowest BCUT2D eigenvalue weighted by molar-refractivity contribution is 0.522. The van der Waals surface area contributed by atoms with Crippen molar-refractivity contribution in [1.29, 1.82) is 0 Å². The van der Waals surface area contributed by atoms with Gasteiger partial charge >= 0.3 is 0 Å². The number of nitrogens with one attached hydrogen (secondary N) is 1. The molecule has 2 aromatic rings. The monoisotopic (exact) mass is 383 g/mol. The largest absolute Gasteiger partial charge is 0.271 e. The lowest BCUT2D eigenvalue weighted by Gasteiger charge is -2.16. The maximum atomic E-state index is 5.65. The van der Waals surface area contributed by atoms with Crippen LogP contribution < -0.4 is 11.3 Å². The highest BCUT2D eigenvalue weighted by molar-refractivity contribution is 9.10. The number of hydrazine groups is 1. The number of rotatable bonds is 5. The van der Waals surface area contributed by atoms with Crippen LogP contribution in [0.15, 0.2) is 51.7 Å². The molecule has 1 atom stereocenters. The summed E-state index contributed by atoms with van der Waals surface area (Å²) in [5.41, 5.74) is 5.29. The third-order valence-electron chi connectivity index (χ3n) is 2.85. The van der Waals surface area contributed by atoms with Gasteiger partial charge in [0.25, 0.3) is 0 Å². The molecule has 3 nitrogen and oxygen atoms in total. The summed E-state index contributed by atoms with van der Waals surface area (Å²) in [7, 11) is 0. The minimum absolute atomic E-state index is 0.186. The van der Waals surface area contributed by atoms with Gasteiger partial charge in [0.1, 0.15) is 0 Å². The summed E-state index contributed by atoms with van der Waals surface area (Å²) >= 11 is 6.91. The molecule has 0 bridgehead atoms. The molecular formula is C14H15Br2N3. The maximum Gasteiger partial charge on any atom is 0.0410 e. The standard InChI is InChI=1S/C14H15Br2N3/c15-12-3-1-2-10(4-12)6-14(19-17)7-11-5-13(16)9-18-8-11/h1-5,8-9,14,19H,6-7,17H2. The normalized spacial score (nSPS) is 12.4. The minimum Gasteiger partial charge on any atom is -0.271 e. The van der Waals surface area contributed by atoms with Gasteiger partial charge in [0.2, 0.25) is 0 Å². The van der Waals surface area contributed by atoms with Crippen LogP contribution in [0.5, 0.6) is 0 Å². The van der Waals surface area contributed by atoms with E-state index in [-0.39, 0.29) is 6.04 Å². The highest BCUT2D eigenvalue weighted by Crippen LogP contribution is 2.16. The first kappa shape index (κ1) is 14.7. The van der Waals surface area contributed by atoms with Crippen LogP contribution >= 0.6 is 31.9 Å². The summed E-state index contributed by atoms with van der Waals surface area (Å²) in [4.78, 5) is 4.17. The molecular weight excluding hydrogens is 370 g/mol. The van der Waals surface area contributed by atoms with E-state index in [0.717, 1.165) is 27.4 Å². The molecule has 0 fully saturated rings. The fraction of sp³-hybridized carbons (Fsp3) is 0.214. The summed E-state index contributed by atoms with van der Waals surface area (Å²) in [5, 5.41) is 0. The van der Waals surface area contributed by atoms with Gasteiger partial charge in [0.15, 0.2) is 0 Å². The van der Waals surface area contributed by atoms with Gasteiger partial charge in [-0.2, -0.15) is 0 Å². The number of aromatic nitrogens is 1. The number of nitrogens with zero attached hydrogens (tertiary/aromatic N) is 1. The van der Waals surface area contributed by atoms with Crippen molar-refractivity contribution in [2.45, 2.75) is 18.9 Å². The third kappa shape index (κ3) is 4.69. The van der Waals surface area contributed by atoms with Crippen molar-refractivity contribution in [1.82, 2.24) is 10.4 Å². The lowest BCUT2D eigenvalue weighted by atomic mass is 10.0. The molecule has 1 aromatic carbocycles. The smallest absolute Gasteiger partial charge is 0.0410 e. The zero-order chi connectivity index (χ0) is 13.7. The van der Waals surface area contributed by atoms with Gasteiger partial charge < -0.3 is 0 Å². The van der Waals surface area contributed by atoms with E-state index in [1.54, 1.807) is 6.20 Å². The molecule has 2 rings (SSSR count). The van der Waals surface area contributed by atoms with E-state index < -0.39 is 0 Å². The zero-order valence-corrected chi connectivity index (χ0v) is 13.5. The summed E-state index contributed by atoms with van der Waals surface area (Å²) in [6.07, 6.45) is 5.37. The third-order valence-corrected chi connectivity index (χ3v) is 3.78. The van der Waals surface area contributed by atoms with Crippen LogP contribution in [0.25, 0.3) is 0 Å². The van der Waals surface area contributed by atoms with Crippen LogP contribution in [0.2, 0.25) is 0 Å². The Kier molecular flexibility index (Phi) is 5.51. The Morgan fingerprint density at radius 2 is 1.79 bits per heavy atom. The maximum absolute atomic E-state index is 5.65. The number of pyridine rings is 1. The average Bonchev–Trinajstić information content (AvgIpc) is 2.38. The van der Waals surface area contributed by atoms with Crippen molar-refractivity contribution in [3.63, 3.8) is 0 Å². The highest BCUT2D eigenvalue weighted by atomic mass is 79.9. The first-order valence-corrected chi connectivity index (χ1v) is 7.56. The Labute approximate surface area is 129 Å². The van der Waals surface area contributed by atoms with Crippen LogP contribution in [0.3, 0.4) is 0 Å². The van der Waals surface area contributed by atoms with E-state index in [0.29, 0.717) is 0 Å². The SMILES string of the molecule is NNC(Cc1cccc(Br)c1)Cc1cncc(Br)c1. The van der Waals surface area contributed by atoms with Gasteiger partial charge in [-0.15, -0.1) is 0 Å². The molecule has 0 aliphatic heterocycles. The molecule has 1 heterocycles. The number of halogens is 2. The lowest BCUT2D eigenvalue weighted by Crippen LogP contribution is -2.38. The van der Waals surface area contributed by atoms with Crippen LogP contribution in [0, 0.1) is 0 Å². The van der Waals surface area contributed by atoms with Crippen LogP contribution in [0.1, 0.15) is 11.1 Å². The van der Waals surface area contributed by atoms with E-state index >= 15 is 0 Å². The van der Waals surface area contributed by atoms with Gasteiger partial charge in [0, 0.05) is 27.4 Å². The molecule has 100 valence electrons. The Balaban J connectivity index is 2.04. The van der Waals surface area contributed by atoms with Gasteiger partial charge in [-0.3, -0.25) is 16.3 Å². The molecule has 1 unspecified atom stereocenters. The number of hydrogen-bond acceptors (Lipinski definition) is 3. The molecule has 0 saturated carbocycles. The van der Waals surface area contributed by atoms with Crippen molar-refractivity contribution >= 4 is 31.9 Å². The van der Waals surface area contributed by atoms with Crippen molar-refractivity contribution < 1.29 is 0 Å². The topological polar surface area (TPSA) is 50.9 Å². The predicted molar refractivity (Wildman–Crippen MR) is 84.6 cm³/mol. The molecule has 1 aromatic heterocycles. The van der Waals surface area contributed by atoms with Gasteiger partial charge in [-0.05, 0) is 58.1 Å². The fourth-order valence-electron chi connectivity index (χ4n) is 1.99. The van der Waals surface area contributed by atoms with Crippen molar-refractivity contribution in [2.75, 3.05) is 0 Å². The van der Waals surface area contributed by atoms with Gasteiger partial charge in [-0.1, -0.05) is 28.1 Å². The Bertz CT molecular complexity index is 498. The van der Waals surface area contributed by atoms with Gasteiger partial charge in [0.05, 0.1) is 0 Å². The summed E-state index contributed by atoms with van der Waals surface area (Å²) in [6, 6.07) is 10.5. The number of benzene rings is 1. The predicted octanol–water partition coefficient (Wildman–Crippen LogP) is 3.22. The van der Waals surface area contributed by atoms with E-state index in [4.69, 9.17) is 5.84 Å². The second-order valence-electron chi connectivity index (χ2n) is 4.41. The molecule has 0 aliphatic carbocycles. The van der Waals surface area contributed by atoms with E-state index in [1.807, 2.05) is 18.3 Å². The van der Waals surface area contributed by atoms with Crippen molar-refractivity contribution in [2.24, 2.45) is 5.84 Å². The zero-order valence-electron chi connectivity index (χ0n) is 10.3. The molecule has 0 radical (unpaired) electrons. The molecule has 5 heteroatoms.